The highest BCUT2D eigenvalue weighted by molar-refractivity contribution is 6.01. The lowest BCUT2D eigenvalue weighted by Crippen LogP contribution is -2.39. The molecule has 1 saturated carbocycles. The molecule has 4 N–H and O–H groups in total. The molecule has 5 nitrogen and oxygen atoms in total. The molecule has 1 aliphatic rings. The maximum atomic E-state index is 11.9. The summed E-state index contributed by atoms with van der Waals surface area (Å²) in [6.07, 6.45) is 9.07. The van der Waals surface area contributed by atoms with Crippen molar-refractivity contribution in [3.8, 4) is 0 Å². The van der Waals surface area contributed by atoms with Gasteiger partial charge < -0.3 is 16.3 Å². The summed E-state index contributed by atoms with van der Waals surface area (Å²) in [5.41, 5.74) is 5.55. The van der Waals surface area contributed by atoms with Crippen molar-refractivity contribution in [3.05, 3.63) is 0 Å². The first kappa shape index (κ1) is 15.8. The van der Waals surface area contributed by atoms with Gasteiger partial charge in [-0.15, -0.1) is 0 Å². The van der Waals surface area contributed by atoms with E-state index >= 15 is 0 Å². The molecule has 1 amide bonds. The SMILES string of the molecule is CCCC(C(=O)NCCCC1CCCC1)C(N)=NO. The van der Waals surface area contributed by atoms with E-state index in [0.29, 0.717) is 13.0 Å². The standard InChI is InChI=1S/C14H27N3O2/c1-2-6-12(13(15)17-19)14(18)16-10-5-9-11-7-3-4-8-11/h11-12,19H,2-10H2,1H3,(H2,15,17)(H,16,18). The zero-order chi connectivity index (χ0) is 14.1. The van der Waals surface area contributed by atoms with E-state index in [1.165, 1.54) is 32.1 Å². The summed E-state index contributed by atoms with van der Waals surface area (Å²) >= 11 is 0. The van der Waals surface area contributed by atoms with E-state index in [0.717, 1.165) is 18.8 Å². The summed E-state index contributed by atoms with van der Waals surface area (Å²) in [5, 5.41) is 14.5. The van der Waals surface area contributed by atoms with Crippen molar-refractivity contribution in [2.75, 3.05) is 6.54 Å². The van der Waals surface area contributed by atoms with Gasteiger partial charge in [-0.1, -0.05) is 44.2 Å². The van der Waals surface area contributed by atoms with Crippen LogP contribution in [0.1, 0.15) is 58.3 Å². The van der Waals surface area contributed by atoms with Crippen LogP contribution in [0.3, 0.4) is 0 Å². The van der Waals surface area contributed by atoms with E-state index in [2.05, 4.69) is 10.5 Å². The van der Waals surface area contributed by atoms with Crippen LogP contribution in [0.25, 0.3) is 0 Å². The van der Waals surface area contributed by atoms with Gasteiger partial charge in [-0.2, -0.15) is 0 Å². The molecule has 0 aromatic carbocycles. The van der Waals surface area contributed by atoms with E-state index in [9.17, 15) is 4.79 Å². The van der Waals surface area contributed by atoms with E-state index in [-0.39, 0.29) is 11.7 Å². The Morgan fingerprint density at radius 1 is 1.47 bits per heavy atom. The molecule has 0 bridgehead atoms. The topological polar surface area (TPSA) is 87.7 Å². The number of carbonyl (C=O) groups excluding carboxylic acids is 1. The molecule has 0 spiro atoms. The minimum Gasteiger partial charge on any atom is -0.409 e. The first-order valence-corrected chi connectivity index (χ1v) is 7.44. The smallest absolute Gasteiger partial charge is 0.230 e. The number of oxime groups is 1. The predicted octanol–water partition coefficient (Wildman–Crippen LogP) is 2.24. The molecule has 0 aromatic heterocycles. The van der Waals surface area contributed by atoms with Crippen LogP contribution >= 0.6 is 0 Å². The third-order valence-electron chi connectivity index (χ3n) is 3.93. The molecule has 0 radical (unpaired) electrons. The van der Waals surface area contributed by atoms with Crippen molar-refractivity contribution < 1.29 is 10.0 Å². The highest BCUT2D eigenvalue weighted by Gasteiger charge is 2.22. The molecule has 1 atom stereocenters. The van der Waals surface area contributed by atoms with Crippen LogP contribution in [-0.2, 0) is 4.79 Å². The fraction of sp³-hybridized carbons (Fsp3) is 0.857. The summed E-state index contributed by atoms with van der Waals surface area (Å²) in [6.45, 7) is 2.67. The summed E-state index contributed by atoms with van der Waals surface area (Å²) in [7, 11) is 0. The van der Waals surface area contributed by atoms with Gasteiger partial charge in [0.05, 0.1) is 5.92 Å². The number of nitrogens with zero attached hydrogens (tertiary/aromatic N) is 1. The molecule has 19 heavy (non-hydrogen) atoms. The Morgan fingerprint density at radius 2 is 2.16 bits per heavy atom. The number of rotatable bonds is 8. The minimum atomic E-state index is -0.499. The summed E-state index contributed by atoms with van der Waals surface area (Å²) in [6, 6.07) is 0. The van der Waals surface area contributed by atoms with Crippen LogP contribution in [0.2, 0.25) is 0 Å². The third kappa shape index (κ3) is 5.49. The zero-order valence-electron chi connectivity index (χ0n) is 11.9. The quantitative estimate of drug-likeness (QED) is 0.207. The van der Waals surface area contributed by atoms with Gasteiger partial charge >= 0.3 is 0 Å². The van der Waals surface area contributed by atoms with E-state index < -0.39 is 5.92 Å². The largest absolute Gasteiger partial charge is 0.409 e. The second-order valence-electron chi connectivity index (χ2n) is 5.45. The van der Waals surface area contributed by atoms with E-state index in [1.54, 1.807) is 0 Å². The van der Waals surface area contributed by atoms with Gasteiger partial charge in [0.15, 0.2) is 5.84 Å². The number of carbonyl (C=O) groups is 1. The maximum absolute atomic E-state index is 11.9. The highest BCUT2D eigenvalue weighted by Crippen LogP contribution is 2.28. The second kappa shape index (κ2) is 8.77. The van der Waals surface area contributed by atoms with E-state index in [1.807, 2.05) is 6.92 Å². The predicted molar refractivity (Wildman–Crippen MR) is 76.0 cm³/mol. The maximum Gasteiger partial charge on any atom is 0.230 e. The van der Waals surface area contributed by atoms with Gasteiger partial charge in [0.1, 0.15) is 0 Å². The Labute approximate surface area is 115 Å². The molecule has 0 aromatic rings. The molecule has 0 aliphatic heterocycles. The Morgan fingerprint density at radius 3 is 2.74 bits per heavy atom. The first-order valence-electron chi connectivity index (χ1n) is 7.44. The van der Waals surface area contributed by atoms with Gasteiger partial charge in [-0.3, -0.25) is 4.79 Å². The van der Waals surface area contributed by atoms with Crippen LogP contribution < -0.4 is 11.1 Å². The second-order valence-corrected chi connectivity index (χ2v) is 5.45. The van der Waals surface area contributed by atoms with Crippen LogP contribution in [0.5, 0.6) is 0 Å². The van der Waals surface area contributed by atoms with Gasteiger partial charge in [-0.05, 0) is 25.2 Å². The molecule has 0 saturated heterocycles. The third-order valence-corrected chi connectivity index (χ3v) is 3.93. The monoisotopic (exact) mass is 269 g/mol. The summed E-state index contributed by atoms with van der Waals surface area (Å²) < 4.78 is 0. The fourth-order valence-electron chi connectivity index (χ4n) is 2.80. The van der Waals surface area contributed by atoms with Gasteiger partial charge in [0, 0.05) is 6.54 Å². The molecular formula is C14H27N3O2. The number of nitrogens with one attached hydrogen (secondary N) is 1. The number of hydrogen-bond donors (Lipinski definition) is 3. The van der Waals surface area contributed by atoms with Crippen LogP contribution in [0, 0.1) is 11.8 Å². The van der Waals surface area contributed by atoms with Gasteiger partial charge in [0.2, 0.25) is 5.91 Å². The molecule has 1 aliphatic carbocycles. The zero-order valence-corrected chi connectivity index (χ0v) is 11.9. The van der Waals surface area contributed by atoms with Crippen molar-refractivity contribution in [3.63, 3.8) is 0 Å². The fourth-order valence-corrected chi connectivity index (χ4v) is 2.80. The van der Waals surface area contributed by atoms with Crippen molar-refractivity contribution >= 4 is 11.7 Å². The van der Waals surface area contributed by atoms with Crippen LogP contribution in [0.4, 0.5) is 0 Å². The Bertz CT molecular complexity index is 299. The van der Waals surface area contributed by atoms with Crippen molar-refractivity contribution in [2.24, 2.45) is 22.7 Å². The Hall–Kier alpha value is -1.26. The molecule has 5 heteroatoms. The van der Waals surface area contributed by atoms with Crippen molar-refractivity contribution in [2.45, 2.75) is 58.3 Å². The number of nitrogens with two attached hydrogens (primary N) is 1. The lowest BCUT2D eigenvalue weighted by Gasteiger charge is -2.15. The molecule has 1 rings (SSSR count). The molecule has 1 fully saturated rings. The molecular weight excluding hydrogens is 242 g/mol. The Kier molecular flexibility index (Phi) is 7.30. The van der Waals surface area contributed by atoms with Crippen LogP contribution in [0.15, 0.2) is 5.16 Å². The molecule has 1 unspecified atom stereocenters. The molecule has 0 heterocycles. The van der Waals surface area contributed by atoms with Crippen LogP contribution in [-0.4, -0.2) is 23.5 Å². The normalized spacial score (nSPS) is 18.5. The lowest BCUT2D eigenvalue weighted by molar-refractivity contribution is -0.123. The highest BCUT2D eigenvalue weighted by atomic mass is 16.4. The summed E-state index contributed by atoms with van der Waals surface area (Å²) in [5.74, 6) is 0.243. The lowest BCUT2D eigenvalue weighted by atomic mass is 10.0. The number of hydrogen-bond acceptors (Lipinski definition) is 3. The average Bonchev–Trinajstić information content (AvgIpc) is 2.93. The van der Waals surface area contributed by atoms with Crippen molar-refractivity contribution in [1.29, 1.82) is 0 Å². The number of amidine groups is 1. The first-order chi connectivity index (χ1) is 9.19. The van der Waals surface area contributed by atoms with E-state index in [4.69, 9.17) is 10.9 Å². The molecule has 110 valence electrons. The minimum absolute atomic E-state index is 0.00939. The number of amides is 1. The van der Waals surface area contributed by atoms with Gasteiger partial charge in [0.25, 0.3) is 0 Å². The van der Waals surface area contributed by atoms with Crippen molar-refractivity contribution in [1.82, 2.24) is 5.32 Å². The Balaban J connectivity index is 2.23. The summed E-state index contributed by atoms with van der Waals surface area (Å²) in [4.78, 5) is 11.9. The van der Waals surface area contributed by atoms with Gasteiger partial charge in [-0.25, -0.2) is 0 Å². The average molecular weight is 269 g/mol.